The van der Waals surface area contributed by atoms with E-state index < -0.39 is 22.9 Å². The van der Waals surface area contributed by atoms with E-state index >= 15 is 0 Å². The number of halogens is 2. The molecule has 192 valence electrons. The van der Waals surface area contributed by atoms with Crippen molar-refractivity contribution in [3.63, 3.8) is 0 Å². The van der Waals surface area contributed by atoms with Gasteiger partial charge in [0.15, 0.2) is 34.3 Å². The Morgan fingerprint density at radius 3 is 2.17 bits per heavy atom. The number of ether oxygens (including phenoxy) is 3. The molecule has 0 spiro atoms. The van der Waals surface area contributed by atoms with E-state index in [-0.39, 0.29) is 33.8 Å². The summed E-state index contributed by atoms with van der Waals surface area (Å²) in [7, 11) is 3.01. The number of ketones is 1. The van der Waals surface area contributed by atoms with Crippen molar-refractivity contribution in [2.24, 2.45) is 11.1 Å². The molecule has 0 saturated heterocycles. The van der Waals surface area contributed by atoms with Gasteiger partial charge >= 0.3 is 6.09 Å². The predicted molar refractivity (Wildman–Crippen MR) is 135 cm³/mol. The van der Waals surface area contributed by atoms with E-state index in [1.165, 1.54) is 26.6 Å². The number of hydrogen-bond donors (Lipinski definition) is 1. The van der Waals surface area contributed by atoms with Crippen LogP contribution in [0, 0.1) is 5.41 Å². The van der Waals surface area contributed by atoms with Gasteiger partial charge in [0.2, 0.25) is 5.89 Å². The summed E-state index contributed by atoms with van der Waals surface area (Å²) in [5.74, 6) is 0.613. The number of primary amides is 1. The number of benzene rings is 1. The lowest BCUT2D eigenvalue weighted by Gasteiger charge is -2.38. The topological polar surface area (TPSA) is 127 Å². The van der Waals surface area contributed by atoms with Crippen LogP contribution in [0.25, 0.3) is 11.5 Å². The number of oxazole rings is 1. The molecule has 11 heteroatoms. The number of hydrogen-bond acceptors (Lipinski definition) is 8. The van der Waals surface area contributed by atoms with Crippen LogP contribution in [-0.2, 0) is 16.8 Å². The molecule has 0 radical (unpaired) electrons. The first-order valence-electron chi connectivity index (χ1n) is 10.9. The molecule has 1 aromatic carbocycles. The molecule has 36 heavy (non-hydrogen) atoms. The van der Waals surface area contributed by atoms with Gasteiger partial charge in [-0.1, -0.05) is 44.0 Å². The first-order valence-corrected chi connectivity index (χ1v) is 11.6. The summed E-state index contributed by atoms with van der Waals surface area (Å²) in [5, 5.41) is 0.459. The summed E-state index contributed by atoms with van der Waals surface area (Å²) < 4.78 is 22.4. The van der Waals surface area contributed by atoms with Gasteiger partial charge < -0.3 is 24.4 Å². The molecule has 1 amide bonds. The Balaban J connectivity index is 2.23. The minimum atomic E-state index is -1.46. The molecule has 2 aromatic heterocycles. The molecule has 2 heterocycles. The highest BCUT2D eigenvalue weighted by atomic mass is 35.5. The Bertz CT molecular complexity index is 1280. The lowest BCUT2D eigenvalue weighted by molar-refractivity contribution is -0.0707. The normalized spacial score (nSPS) is 13.1. The molecular formula is C25H27Cl2N3O6. The van der Waals surface area contributed by atoms with Gasteiger partial charge in [0.1, 0.15) is 0 Å². The van der Waals surface area contributed by atoms with Gasteiger partial charge in [-0.2, -0.15) is 0 Å². The first-order chi connectivity index (χ1) is 16.8. The van der Waals surface area contributed by atoms with Gasteiger partial charge in [-0.05, 0) is 25.1 Å². The van der Waals surface area contributed by atoms with Crippen molar-refractivity contribution in [2.45, 2.75) is 39.7 Å². The number of carbonyl (C=O) groups is 2. The highest BCUT2D eigenvalue weighted by molar-refractivity contribution is 6.36. The van der Waals surface area contributed by atoms with Crippen molar-refractivity contribution in [3.05, 3.63) is 57.7 Å². The molecular weight excluding hydrogens is 509 g/mol. The smallest absolute Gasteiger partial charge is 0.405 e. The van der Waals surface area contributed by atoms with E-state index in [1.54, 1.807) is 25.1 Å². The fourth-order valence-corrected chi connectivity index (χ4v) is 4.02. The lowest BCUT2D eigenvalue weighted by Crippen LogP contribution is -2.43. The van der Waals surface area contributed by atoms with Crippen molar-refractivity contribution in [2.75, 3.05) is 14.2 Å². The van der Waals surface area contributed by atoms with Gasteiger partial charge in [-0.15, -0.1) is 0 Å². The summed E-state index contributed by atoms with van der Waals surface area (Å²) >= 11 is 12.5. The van der Waals surface area contributed by atoms with Crippen LogP contribution in [-0.4, -0.2) is 36.1 Å². The Labute approximate surface area is 218 Å². The van der Waals surface area contributed by atoms with Crippen LogP contribution in [0.15, 0.2) is 35.0 Å². The number of aromatic nitrogens is 2. The van der Waals surface area contributed by atoms with E-state index in [4.69, 9.17) is 47.6 Å². The molecule has 3 aromatic rings. The molecule has 0 fully saturated rings. The number of nitrogens with zero attached hydrogens (tertiary/aromatic N) is 2. The zero-order chi connectivity index (χ0) is 26.8. The van der Waals surface area contributed by atoms with Crippen molar-refractivity contribution >= 4 is 35.1 Å². The Hall–Kier alpha value is -3.30. The second-order valence-corrected chi connectivity index (χ2v) is 9.97. The number of pyridine rings is 1. The van der Waals surface area contributed by atoms with Crippen LogP contribution >= 0.6 is 23.2 Å². The Morgan fingerprint density at radius 1 is 1.03 bits per heavy atom. The van der Waals surface area contributed by atoms with Crippen molar-refractivity contribution in [1.29, 1.82) is 0 Å². The van der Waals surface area contributed by atoms with Crippen LogP contribution in [0.2, 0.25) is 10.0 Å². The lowest BCUT2D eigenvalue weighted by atomic mass is 9.75. The van der Waals surface area contributed by atoms with Crippen molar-refractivity contribution < 1.29 is 28.2 Å². The standard InChI is InChI=1S/C25H27Cl2N3O6/c1-24(2,3)25(4,36-23(28)32)21-20(17(31)10-14-15(26)11-29-12-16(14)27)30-22(35-21)13-7-8-18(33-5)19(9-13)34-6/h7-9,11-12H,10H2,1-6H3,(H2,28,32). The highest BCUT2D eigenvalue weighted by Crippen LogP contribution is 2.46. The molecule has 0 bridgehead atoms. The third-order valence-corrected chi connectivity index (χ3v) is 6.63. The van der Waals surface area contributed by atoms with Gasteiger partial charge in [0, 0.05) is 35.4 Å². The zero-order valence-corrected chi connectivity index (χ0v) is 22.3. The summed E-state index contributed by atoms with van der Waals surface area (Å²) in [4.78, 5) is 33.9. The number of rotatable bonds is 8. The van der Waals surface area contributed by atoms with Crippen molar-refractivity contribution in [3.8, 4) is 23.0 Å². The molecule has 2 N–H and O–H groups in total. The average molecular weight is 536 g/mol. The summed E-state index contributed by atoms with van der Waals surface area (Å²) in [5.41, 5.74) is 4.03. The number of methoxy groups -OCH3 is 2. The number of amides is 1. The molecule has 3 rings (SSSR count). The number of Topliss-reactive ketones (excluding diaryl/α,β-unsaturated/α-hetero) is 1. The third-order valence-electron chi connectivity index (χ3n) is 5.98. The average Bonchev–Trinajstić information content (AvgIpc) is 3.26. The van der Waals surface area contributed by atoms with Gasteiger partial charge in [-0.3, -0.25) is 9.78 Å². The molecule has 1 atom stereocenters. The van der Waals surface area contributed by atoms with Gasteiger partial charge in [0.25, 0.3) is 0 Å². The summed E-state index contributed by atoms with van der Waals surface area (Å²) in [6.07, 6.45) is 1.56. The summed E-state index contributed by atoms with van der Waals surface area (Å²) in [6, 6.07) is 5.03. The fourth-order valence-electron chi connectivity index (χ4n) is 3.52. The largest absolute Gasteiger partial charge is 0.493 e. The van der Waals surface area contributed by atoms with E-state index in [0.29, 0.717) is 22.6 Å². The maximum absolute atomic E-state index is 13.6. The second kappa shape index (κ2) is 10.4. The molecule has 0 aliphatic carbocycles. The number of nitrogens with two attached hydrogens (primary N) is 1. The minimum absolute atomic E-state index is 0.0323. The number of carbonyl (C=O) groups excluding carboxylic acids is 2. The van der Waals surface area contributed by atoms with E-state index in [1.807, 2.05) is 20.8 Å². The maximum atomic E-state index is 13.6. The highest BCUT2D eigenvalue weighted by Gasteiger charge is 2.49. The van der Waals surface area contributed by atoms with Crippen LogP contribution in [0.3, 0.4) is 0 Å². The quantitative estimate of drug-likeness (QED) is 0.356. The molecule has 0 aliphatic rings. The maximum Gasteiger partial charge on any atom is 0.405 e. The SMILES string of the molecule is COc1ccc(-c2nc(C(=O)Cc3c(Cl)cncc3Cl)c(C(C)(OC(N)=O)C(C)(C)C)o2)cc1OC. The first kappa shape index (κ1) is 27.3. The summed E-state index contributed by atoms with van der Waals surface area (Å²) in [6.45, 7) is 7.07. The minimum Gasteiger partial charge on any atom is -0.493 e. The third kappa shape index (κ3) is 5.27. The predicted octanol–water partition coefficient (Wildman–Crippen LogP) is 5.84. The Morgan fingerprint density at radius 2 is 1.64 bits per heavy atom. The van der Waals surface area contributed by atoms with E-state index in [9.17, 15) is 9.59 Å². The van der Waals surface area contributed by atoms with Crippen LogP contribution < -0.4 is 15.2 Å². The van der Waals surface area contributed by atoms with Gasteiger partial charge in [-0.25, -0.2) is 9.78 Å². The van der Waals surface area contributed by atoms with E-state index in [0.717, 1.165) is 0 Å². The van der Waals surface area contributed by atoms with Crippen LogP contribution in [0.5, 0.6) is 11.5 Å². The molecule has 9 nitrogen and oxygen atoms in total. The molecule has 0 aliphatic heterocycles. The van der Waals surface area contributed by atoms with Gasteiger partial charge in [0.05, 0.1) is 24.3 Å². The monoisotopic (exact) mass is 535 g/mol. The zero-order valence-electron chi connectivity index (χ0n) is 20.8. The van der Waals surface area contributed by atoms with Crippen LogP contribution in [0.1, 0.15) is 49.5 Å². The molecule has 1 unspecified atom stereocenters. The fraction of sp³-hybridized carbons (Fsp3) is 0.360. The van der Waals surface area contributed by atoms with E-state index in [2.05, 4.69) is 9.97 Å². The van der Waals surface area contributed by atoms with Crippen molar-refractivity contribution in [1.82, 2.24) is 9.97 Å². The molecule has 0 saturated carbocycles. The Kier molecular flexibility index (Phi) is 7.85. The second-order valence-electron chi connectivity index (χ2n) is 9.15. The van der Waals surface area contributed by atoms with Crippen LogP contribution in [0.4, 0.5) is 4.79 Å².